The molecule has 1 aromatic carbocycles. The largest absolute Gasteiger partial charge is 0.506 e. The summed E-state index contributed by atoms with van der Waals surface area (Å²) >= 11 is 5.85. The van der Waals surface area contributed by atoms with E-state index in [1.54, 1.807) is 25.4 Å². The first-order valence-corrected chi connectivity index (χ1v) is 6.24. The highest BCUT2D eigenvalue weighted by Gasteiger charge is 2.03. The molecule has 5 heteroatoms. The van der Waals surface area contributed by atoms with E-state index >= 15 is 0 Å². The summed E-state index contributed by atoms with van der Waals surface area (Å²) in [6, 6.07) is 8.99. The Morgan fingerprint density at radius 2 is 2.16 bits per heavy atom. The van der Waals surface area contributed by atoms with Crippen molar-refractivity contribution in [3.05, 3.63) is 52.7 Å². The van der Waals surface area contributed by atoms with Crippen LogP contribution >= 0.6 is 11.6 Å². The first-order valence-electron chi connectivity index (χ1n) is 5.86. The Morgan fingerprint density at radius 1 is 1.32 bits per heavy atom. The number of phenolic OH excluding ortho intramolecular Hbond substituents is 1. The number of nitrogens with one attached hydrogen (secondary N) is 1. The minimum Gasteiger partial charge on any atom is -0.506 e. The molecule has 2 aromatic rings. The van der Waals surface area contributed by atoms with Crippen molar-refractivity contribution in [2.24, 2.45) is 0 Å². The van der Waals surface area contributed by atoms with Crippen LogP contribution < -0.4 is 10.1 Å². The molecule has 0 spiro atoms. The molecule has 100 valence electrons. The number of ether oxygens (including phenoxy) is 1. The second-order valence-corrected chi connectivity index (χ2v) is 4.47. The van der Waals surface area contributed by atoms with Crippen LogP contribution in [0, 0.1) is 0 Å². The van der Waals surface area contributed by atoms with Crippen LogP contribution in [0.2, 0.25) is 5.02 Å². The normalized spacial score (nSPS) is 10.4. The predicted octanol–water partition coefficient (Wildman–Crippen LogP) is 2.74. The average molecular weight is 279 g/mol. The minimum absolute atomic E-state index is 0.0966. The van der Waals surface area contributed by atoms with Crippen molar-refractivity contribution in [3.63, 3.8) is 0 Å². The van der Waals surface area contributed by atoms with Crippen LogP contribution in [-0.4, -0.2) is 17.2 Å². The second kappa shape index (κ2) is 6.41. The van der Waals surface area contributed by atoms with Crippen LogP contribution in [0.25, 0.3) is 0 Å². The molecule has 0 bridgehead atoms. The number of benzene rings is 1. The molecule has 2 rings (SSSR count). The summed E-state index contributed by atoms with van der Waals surface area (Å²) in [5, 5.41) is 13.0. The molecule has 0 saturated heterocycles. The van der Waals surface area contributed by atoms with Gasteiger partial charge in [0.2, 0.25) is 5.88 Å². The van der Waals surface area contributed by atoms with Gasteiger partial charge in [0.15, 0.2) is 0 Å². The summed E-state index contributed by atoms with van der Waals surface area (Å²) in [5.41, 5.74) is 2.00. The SMILES string of the molecule is COc1ncccc1CNCc1ccc(O)c(Cl)c1. The molecule has 0 radical (unpaired) electrons. The Kier molecular flexibility index (Phi) is 4.60. The van der Waals surface area contributed by atoms with Crippen molar-refractivity contribution < 1.29 is 9.84 Å². The van der Waals surface area contributed by atoms with E-state index in [1.807, 2.05) is 18.2 Å². The number of aromatic hydroxyl groups is 1. The highest BCUT2D eigenvalue weighted by molar-refractivity contribution is 6.32. The molecule has 2 N–H and O–H groups in total. The van der Waals surface area contributed by atoms with Gasteiger partial charge in [-0.1, -0.05) is 23.7 Å². The molecule has 0 unspecified atom stereocenters. The first kappa shape index (κ1) is 13.6. The lowest BCUT2D eigenvalue weighted by molar-refractivity contribution is 0.390. The van der Waals surface area contributed by atoms with Gasteiger partial charge in [0, 0.05) is 24.8 Å². The standard InChI is InChI=1S/C14H15ClN2O2/c1-19-14-11(3-2-6-17-14)9-16-8-10-4-5-13(18)12(15)7-10/h2-7,16,18H,8-9H2,1H3. The van der Waals surface area contributed by atoms with Gasteiger partial charge in [-0.15, -0.1) is 0 Å². The molecule has 0 aliphatic rings. The third-order valence-corrected chi connectivity index (χ3v) is 3.00. The van der Waals surface area contributed by atoms with Crippen LogP contribution in [0.15, 0.2) is 36.5 Å². The van der Waals surface area contributed by atoms with E-state index in [4.69, 9.17) is 16.3 Å². The second-order valence-electron chi connectivity index (χ2n) is 4.06. The molecule has 0 aliphatic heterocycles. The zero-order valence-electron chi connectivity index (χ0n) is 10.6. The smallest absolute Gasteiger partial charge is 0.217 e. The van der Waals surface area contributed by atoms with Gasteiger partial charge >= 0.3 is 0 Å². The van der Waals surface area contributed by atoms with E-state index in [9.17, 15) is 5.11 Å². The number of hydrogen-bond acceptors (Lipinski definition) is 4. The van der Waals surface area contributed by atoms with Crippen molar-refractivity contribution >= 4 is 11.6 Å². The highest BCUT2D eigenvalue weighted by atomic mass is 35.5. The summed E-state index contributed by atoms with van der Waals surface area (Å²) in [6.45, 7) is 1.30. The third-order valence-electron chi connectivity index (χ3n) is 2.70. The van der Waals surface area contributed by atoms with Crippen LogP contribution in [0.1, 0.15) is 11.1 Å². The molecular weight excluding hydrogens is 264 g/mol. The molecule has 19 heavy (non-hydrogen) atoms. The summed E-state index contributed by atoms with van der Waals surface area (Å²) in [5.74, 6) is 0.720. The van der Waals surface area contributed by atoms with Gasteiger partial charge in [-0.25, -0.2) is 4.98 Å². The lowest BCUT2D eigenvalue weighted by Gasteiger charge is -2.09. The molecule has 0 amide bonds. The van der Waals surface area contributed by atoms with Gasteiger partial charge < -0.3 is 15.2 Å². The molecule has 1 aromatic heterocycles. The van der Waals surface area contributed by atoms with Gasteiger partial charge in [-0.05, 0) is 23.8 Å². The summed E-state index contributed by atoms with van der Waals surface area (Å²) in [6.07, 6.45) is 1.70. The Hall–Kier alpha value is -1.78. The number of aromatic nitrogens is 1. The minimum atomic E-state index is 0.0966. The van der Waals surface area contributed by atoms with Gasteiger partial charge in [0.05, 0.1) is 12.1 Å². The maximum atomic E-state index is 9.34. The van der Waals surface area contributed by atoms with Crippen LogP contribution in [-0.2, 0) is 13.1 Å². The number of halogens is 1. The molecule has 1 heterocycles. The number of hydrogen-bond donors (Lipinski definition) is 2. The van der Waals surface area contributed by atoms with Gasteiger partial charge in [-0.2, -0.15) is 0 Å². The monoisotopic (exact) mass is 278 g/mol. The lowest BCUT2D eigenvalue weighted by atomic mass is 10.2. The van der Waals surface area contributed by atoms with Crippen molar-refractivity contribution in [1.82, 2.24) is 10.3 Å². The Labute approximate surface area is 117 Å². The van der Waals surface area contributed by atoms with E-state index in [0.29, 0.717) is 24.0 Å². The van der Waals surface area contributed by atoms with E-state index in [1.165, 1.54) is 0 Å². The van der Waals surface area contributed by atoms with E-state index < -0.39 is 0 Å². The Bertz CT molecular complexity index is 561. The van der Waals surface area contributed by atoms with Gasteiger partial charge in [0.25, 0.3) is 0 Å². The quantitative estimate of drug-likeness (QED) is 0.883. The maximum Gasteiger partial charge on any atom is 0.217 e. The lowest BCUT2D eigenvalue weighted by Crippen LogP contribution is -2.13. The number of phenols is 1. The van der Waals surface area contributed by atoms with E-state index in [2.05, 4.69) is 10.3 Å². The van der Waals surface area contributed by atoms with Crippen LogP contribution in [0.5, 0.6) is 11.6 Å². The molecule has 4 nitrogen and oxygen atoms in total. The third kappa shape index (κ3) is 3.59. The summed E-state index contributed by atoms with van der Waals surface area (Å²) in [4.78, 5) is 4.13. The Balaban J connectivity index is 1.94. The Morgan fingerprint density at radius 3 is 2.89 bits per heavy atom. The first-order chi connectivity index (χ1) is 9.20. The highest BCUT2D eigenvalue weighted by Crippen LogP contribution is 2.23. The fourth-order valence-electron chi connectivity index (χ4n) is 1.74. The molecule has 0 saturated carbocycles. The summed E-state index contributed by atoms with van der Waals surface area (Å²) in [7, 11) is 1.60. The zero-order chi connectivity index (χ0) is 13.7. The number of methoxy groups -OCH3 is 1. The van der Waals surface area contributed by atoms with Crippen LogP contribution in [0.4, 0.5) is 0 Å². The fraction of sp³-hybridized carbons (Fsp3) is 0.214. The molecule has 0 aliphatic carbocycles. The topological polar surface area (TPSA) is 54.4 Å². The van der Waals surface area contributed by atoms with Crippen molar-refractivity contribution in [2.75, 3.05) is 7.11 Å². The van der Waals surface area contributed by atoms with E-state index in [-0.39, 0.29) is 5.75 Å². The van der Waals surface area contributed by atoms with Crippen molar-refractivity contribution in [2.45, 2.75) is 13.1 Å². The predicted molar refractivity (Wildman–Crippen MR) is 74.4 cm³/mol. The maximum absolute atomic E-state index is 9.34. The fourth-order valence-corrected chi connectivity index (χ4v) is 1.95. The average Bonchev–Trinajstić information content (AvgIpc) is 2.43. The number of nitrogens with zero attached hydrogens (tertiary/aromatic N) is 1. The van der Waals surface area contributed by atoms with Crippen molar-refractivity contribution in [3.8, 4) is 11.6 Å². The zero-order valence-corrected chi connectivity index (χ0v) is 11.3. The van der Waals surface area contributed by atoms with Crippen LogP contribution in [0.3, 0.4) is 0 Å². The van der Waals surface area contributed by atoms with E-state index in [0.717, 1.165) is 11.1 Å². The van der Waals surface area contributed by atoms with Gasteiger partial charge in [0.1, 0.15) is 5.75 Å². The molecular formula is C14H15ClN2O2. The number of pyridine rings is 1. The van der Waals surface area contributed by atoms with Gasteiger partial charge in [-0.3, -0.25) is 0 Å². The molecule has 0 fully saturated rings. The van der Waals surface area contributed by atoms with Crippen molar-refractivity contribution in [1.29, 1.82) is 0 Å². The molecule has 0 atom stereocenters. The summed E-state index contributed by atoms with van der Waals surface area (Å²) < 4.78 is 5.18. The number of rotatable bonds is 5.